The fraction of sp³-hybridized carbons (Fsp3) is 0.273. The van der Waals surface area contributed by atoms with E-state index in [-0.39, 0.29) is 11.4 Å². The Kier molecular flexibility index (Phi) is 3.79. The Morgan fingerprint density at radius 3 is 2.95 bits per heavy atom. The van der Waals surface area contributed by atoms with Crippen molar-refractivity contribution < 1.29 is 9.13 Å². The van der Waals surface area contributed by atoms with E-state index in [0.29, 0.717) is 22.3 Å². The summed E-state index contributed by atoms with van der Waals surface area (Å²) in [6, 6.07) is 2.66. The van der Waals surface area contributed by atoms with E-state index in [9.17, 15) is 9.18 Å². The van der Waals surface area contributed by atoms with Gasteiger partial charge in [0, 0.05) is 12.6 Å². The molecule has 6 nitrogen and oxygen atoms in total. The summed E-state index contributed by atoms with van der Waals surface area (Å²) in [6.45, 7) is 2.26. The van der Waals surface area contributed by atoms with Crippen molar-refractivity contribution in [3.05, 3.63) is 28.4 Å². The zero-order chi connectivity index (χ0) is 14.0. The molecule has 102 valence electrons. The third-order valence-electron chi connectivity index (χ3n) is 2.52. The fourth-order valence-electron chi connectivity index (χ4n) is 1.56. The van der Waals surface area contributed by atoms with Crippen LogP contribution < -0.4 is 16.2 Å². The molecule has 0 aliphatic carbocycles. The molecule has 19 heavy (non-hydrogen) atoms. The molecule has 0 amide bonds. The molecule has 0 spiro atoms. The molecule has 2 rings (SSSR count). The van der Waals surface area contributed by atoms with Gasteiger partial charge in [0.2, 0.25) is 0 Å². The van der Waals surface area contributed by atoms with Crippen molar-refractivity contribution in [2.75, 3.05) is 12.8 Å². The van der Waals surface area contributed by atoms with E-state index in [1.54, 1.807) is 6.92 Å². The second kappa shape index (κ2) is 5.35. The maximum atomic E-state index is 13.8. The number of rotatable bonds is 4. The first-order valence-electron chi connectivity index (χ1n) is 5.52. The highest BCUT2D eigenvalue weighted by molar-refractivity contribution is 7.99. The Morgan fingerprint density at radius 1 is 1.58 bits per heavy atom. The average molecular weight is 284 g/mol. The van der Waals surface area contributed by atoms with Crippen LogP contribution in [-0.4, -0.2) is 21.9 Å². The third kappa shape index (κ3) is 2.58. The molecule has 0 radical (unpaired) electrons. The molecule has 2 aromatic rings. The molecule has 0 saturated carbocycles. The van der Waals surface area contributed by atoms with Crippen molar-refractivity contribution in [3.8, 4) is 5.75 Å². The molecule has 1 aromatic carbocycles. The third-order valence-corrected chi connectivity index (χ3v) is 3.55. The number of ether oxygens (including phenoxy) is 1. The van der Waals surface area contributed by atoms with E-state index in [4.69, 9.17) is 10.5 Å². The lowest BCUT2D eigenvalue weighted by Gasteiger charge is -2.08. The van der Waals surface area contributed by atoms with Crippen molar-refractivity contribution >= 4 is 17.4 Å². The smallest absolute Gasteiger partial charge is 0.343 e. The van der Waals surface area contributed by atoms with Crippen LogP contribution in [0, 0.1) is 5.82 Å². The molecule has 3 N–H and O–H groups in total. The standard InChI is InChI=1S/C11H13FN4O2S/c1-3-16-10(17)14-15-11(16)19-9-5-8(18-2)7(13)4-6(9)12/h4-5H,3,13H2,1-2H3,(H,14,17). The maximum absolute atomic E-state index is 13.8. The van der Waals surface area contributed by atoms with Gasteiger partial charge in [-0.3, -0.25) is 4.57 Å². The number of nitrogens with zero attached hydrogens (tertiary/aromatic N) is 2. The molecule has 0 aliphatic heterocycles. The summed E-state index contributed by atoms with van der Waals surface area (Å²) in [7, 11) is 1.45. The largest absolute Gasteiger partial charge is 0.495 e. The summed E-state index contributed by atoms with van der Waals surface area (Å²) in [4.78, 5) is 11.7. The van der Waals surface area contributed by atoms with E-state index in [2.05, 4.69) is 10.2 Å². The lowest BCUT2D eigenvalue weighted by Crippen LogP contribution is -2.16. The zero-order valence-corrected chi connectivity index (χ0v) is 11.3. The molecular weight excluding hydrogens is 271 g/mol. The number of nitrogens with two attached hydrogens (primary N) is 1. The Morgan fingerprint density at radius 2 is 2.32 bits per heavy atom. The van der Waals surface area contributed by atoms with Gasteiger partial charge < -0.3 is 10.5 Å². The molecular formula is C11H13FN4O2S. The molecule has 0 atom stereocenters. The lowest BCUT2D eigenvalue weighted by molar-refractivity contribution is 0.414. The van der Waals surface area contributed by atoms with Crippen LogP contribution in [0.15, 0.2) is 27.0 Å². The summed E-state index contributed by atoms with van der Waals surface area (Å²) in [6.07, 6.45) is 0. The summed E-state index contributed by atoms with van der Waals surface area (Å²) in [5, 5.41) is 6.56. The summed E-state index contributed by atoms with van der Waals surface area (Å²) < 4.78 is 20.3. The first kappa shape index (κ1) is 13.5. The van der Waals surface area contributed by atoms with Gasteiger partial charge >= 0.3 is 5.69 Å². The van der Waals surface area contributed by atoms with Crippen molar-refractivity contribution in [2.45, 2.75) is 23.5 Å². The van der Waals surface area contributed by atoms with Crippen LogP contribution in [0.1, 0.15) is 6.92 Å². The van der Waals surface area contributed by atoms with Crippen LogP contribution in [0.5, 0.6) is 5.75 Å². The molecule has 0 fully saturated rings. The number of halogens is 1. The quantitative estimate of drug-likeness (QED) is 0.830. The number of nitrogens with one attached hydrogen (secondary N) is 1. The van der Waals surface area contributed by atoms with Gasteiger partial charge in [0.05, 0.1) is 17.7 Å². The van der Waals surface area contributed by atoms with Crippen LogP contribution in [0.2, 0.25) is 0 Å². The van der Waals surface area contributed by atoms with E-state index >= 15 is 0 Å². The minimum atomic E-state index is -0.485. The highest BCUT2D eigenvalue weighted by atomic mass is 32.2. The Bertz CT molecular complexity index is 653. The van der Waals surface area contributed by atoms with Crippen LogP contribution in [0.25, 0.3) is 0 Å². The second-order valence-electron chi connectivity index (χ2n) is 3.68. The first-order chi connectivity index (χ1) is 9.06. The number of benzene rings is 1. The lowest BCUT2D eigenvalue weighted by atomic mass is 10.3. The van der Waals surface area contributed by atoms with Crippen LogP contribution in [0.3, 0.4) is 0 Å². The second-order valence-corrected chi connectivity index (χ2v) is 4.69. The monoisotopic (exact) mass is 284 g/mol. The van der Waals surface area contributed by atoms with Crippen molar-refractivity contribution in [1.29, 1.82) is 0 Å². The molecule has 1 heterocycles. The van der Waals surface area contributed by atoms with E-state index in [1.165, 1.54) is 23.8 Å². The van der Waals surface area contributed by atoms with Crippen LogP contribution in [0.4, 0.5) is 10.1 Å². The number of aromatic amines is 1. The molecule has 0 unspecified atom stereocenters. The average Bonchev–Trinajstić information content (AvgIpc) is 2.73. The van der Waals surface area contributed by atoms with Crippen LogP contribution >= 0.6 is 11.8 Å². The van der Waals surface area contributed by atoms with E-state index in [0.717, 1.165) is 11.8 Å². The Hall–Kier alpha value is -1.96. The number of nitrogen functional groups attached to an aromatic ring is 1. The van der Waals surface area contributed by atoms with Gasteiger partial charge in [-0.1, -0.05) is 0 Å². The number of anilines is 1. The molecule has 0 saturated heterocycles. The number of aromatic nitrogens is 3. The normalized spacial score (nSPS) is 10.7. The summed E-state index contributed by atoms with van der Waals surface area (Å²) in [5.41, 5.74) is 5.50. The van der Waals surface area contributed by atoms with Gasteiger partial charge in [0.15, 0.2) is 5.16 Å². The van der Waals surface area contributed by atoms with Crippen LogP contribution in [-0.2, 0) is 6.54 Å². The number of hydrogen-bond acceptors (Lipinski definition) is 5. The maximum Gasteiger partial charge on any atom is 0.343 e. The zero-order valence-electron chi connectivity index (χ0n) is 10.4. The van der Waals surface area contributed by atoms with Gasteiger partial charge in [-0.25, -0.2) is 14.3 Å². The van der Waals surface area contributed by atoms with Crippen molar-refractivity contribution in [3.63, 3.8) is 0 Å². The number of methoxy groups -OCH3 is 1. The van der Waals surface area contributed by atoms with Gasteiger partial charge in [-0.2, -0.15) is 0 Å². The molecule has 1 aromatic heterocycles. The van der Waals surface area contributed by atoms with E-state index < -0.39 is 5.82 Å². The van der Waals surface area contributed by atoms with Gasteiger partial charge in [-0.15, -0.1) is 5.10 Å². The predicted molar refractivity (Wildman–Crippen MR) is 70.0 cm³/mol. The molecule has 8 heteroatoms. The predicted octanol–water partition coefficient (Wildman–Crippen LogP) is 1.47. The van der Waals surface area contributed by atoms with Gasteiger partial charge in [0.25, 0.3) is 0 Å². The molecule has 0 bridgehead atoms. The highest BCUT2D eigenvalue weighted by Gasteiger charge is 2.14. The van der Waals surface area contributed by atoms with Gasteiger partial charge in [0.1, 0.15) is 11.6 Å². The Balaban J connectivity index is 2.40. The minimum Gasteiger partial charge on any atom is -0.495 e. The summed E-state index contributed by atoms with van der Waals surface area (Å²) >= 11 is 1.03. The highest BCUT2D eigenvalue weighted by Crippen LogP contribution is 2.34. The minimum absolute atomic E-state index is 0.222. The number of hydrogen-bond donors (Lipinski definition) is 2. The van der Waals surface area contributed by atoms with Gasteiger partial charge in [-0.05, 0) is 24.8 Å². The first-order valence-corrected chi connectivity index (χ1v) is 6.34. The SMILES string of the molecule is CCn1c(Sc2cc(OC)c(N)cc2F)n[nH]c1=O. The van der Waals surface area contributed by atoms with E-state index in [1.807, 2.05) is 0 Å². The van der Waals surface area contributed by atoms with Crippen molar-refractivity contribution in [1.82, 2.24) is 14.8 Å². The summed E-state index contributed by atoms with van der Waals surface area (Å²) in [5.74, 6) is -0.105. The fourth-order valence-corrected chi connectivity index (χ4v) is 2.50. The Labute approximate surface area is 112 Å². The number of H-pyrrole nitrogens is 1. The topological polar surface area (TPSA) is 85.9 Å². The van der Waals surface area contributed by atoms with Crippen molar-refractivity contribution in [2.24, 2.45) is 0 Å². The molecule has 0 aliphatic rings.